The second-order valence-electron chi connectivity index (χ2n) is 5.74. The molecule has 2 atom stereocenters. The summed E-state index contributed by atoms with van der Waals surface area (Å²) in [4.78, 5) is 23.9. The fraction of sp³-hybridized carbons (Fsp3) is 0.467. The maximum atomic E-state index is 12.2. The zero-order valence-electron chi connectivity index (χ0n) is 12.6. The highest BCUT2D eigenvalue weighted by Gasteiger charge is 2.29. The van der Waals surface area contributed by atoms with E-state index in [1.165, 1.54) is 31.2 Å². The summed E-state index contributed by atoms with van der Waals surface area (Å²) in [5.74, 6) is -1.27. The third-order valence-corrected chi connectivity index (χ3v) is 2.53. The van der Waals surface area contributed by atoms with Gasteiger partial charge in [-0.2, -0.15) is 0 Å². The van der Waals surface area contributed by atoms with E-state index in [0.717, 1.165) is 0 Å². The summed E-state index contributed by atoms with van der Waals surface area (Å²) in [5.41, 5.74) is -0.252. The van der Waals surface area contributed by atoms with Gasteiger partial charge >= 0.3 is 5.97 Å². The Morgan fingerprint density at radius 1 is 1.19 bits per heavy atom. The molecule has 2 unspecified atom stereocenters. The molecular weight excluding hydrogens is 274 g/mol. The molecule has 6 nitrogen and oxygen atoms in total. The standard InChI is InChI=1S/C15H21NO5/c1-9(17)13(19)16-12(14(20)21-15(2,3)4)10-5-7-11(18)8-6-10/h5-9,12,17-18H,1-4H3,(H,16,19). The number of aliphatic hydroxyl groups excluding tert-OH is 1. The van der Waals surface area contributed by atoms with Crippen LogP contribution in [0.1, 0.15) is 39.3 Å². The number of hydrogen-bond donors (Lipinski definition) is 3. The van der Waals surface area contributed by atoms with Crippen molar-refractivity contribution in [3.63, 3.8) is 0 Å². The van der Waals surface area contributed by atoms with Crippen molar-refractivity contribution in [2.24, 2.45) is 0 Å². The molecule has 0 aromatic heterocycles. The molecule has 3 N–H and O–H groups in total. The molecule has 0 radical (unpaired) electrons. The minimum atomic E-state index is -1.24. The average molecular weight is 295 g/mol. The van der Waals surface area contributed by atoms with Crippen molar-refractivity contribution in [3.8, 4) is 5.75 Å². The minimum Gasteiger partial charge on any atom is -0.508 e. The number of aliphatic hydroxyl groups is 1. The van der Waals surface area contributed by atoms with Gasteiger partial charge < -0.3 is 20.3 Å². The number of amides is 1. The first kappa shape index (κ1) is 17.0. The Hall–Kier alpha value is -2.08. The first-order valence-corrected chi connectivity index (χ1v) is 6.60. The summed E-state index contributed by atoms with van der Waals surface area (Å²) in [6.07, 6.45) is -1.24. The van der Waals surface area contributed by atoms with Crippen LogP contribution >= 0.6 is 0 Å². The normalized spacial score (nSPS) is 14.1. The van der Waals surface area contributed by atoms with Crippen molar-refractivity contribution in [1.82, 2.24) is 5.32 Å². The predicted molar refractivity (Wildman–Crippen MR) is 76.5 cm³/mol. The molecule has 0 saturated carbocycles. The van der Waals surface area contributed by atoms with Crippen LogP contribution in [0.3, 0.4) is 0 Å². The van der Waals surface area contributed by atoms with Crippen LogP contribution in [-0.4, -0.2) is 33.8 Å². The van der Waals surface area contributed by atoms with Crippen LogP contribution in [0.2, 0.25) is 0 Å². The van der Waals surface area contributed by atoms with Gasteiger partial charge in [0.15, 0.2) is 6.04 Å². The number of benzene rings is 1. The Bertz CT molecular complexity index is 502. The van der Waals surface area contributed by atoms with Crippen LogP contribution < -0.4 is 5.32 Å². The highest BCUT2D eigenvalue weighted by molar-refractivity contribution is 5.87. The molecule has 21 heavy (non-hydrogen) atoms. The molecule has 0 aliphatic rings. The molecular formula is C15H21NO5. The molecule has 0 heterocycles. The number of rotatable bonds is 4. The lowest BCUT2D eigenvalue weighted by atomic mass is 10.1. The molecule has 0 aliphatic heterocycles. The van der Waals surface area contributed by atoms with Crippen molar-refractivity contribution in [1.29, 1.82) is 0 Å². The lowest BCUT2D eigenvalue weighted by Crippen LogP contribution is -2.41. The molecule has 116 valence electrons. The van der Waals surface area contributed by atoms with Gasteiger partial charge in [-0.3, -0.25) is 4.79 Å². The van der Waals surface area contributed by atoms with E-state index >= 15 is 0 Å². The van der Waals surface area contributed by atoms with E-state index in [1.807, 2.05) is 0 Å². The number of phenols is 1. The molecule has 0 fully saturated rings. The van der Waals surface area contributed by atoms with Gasteiger partial charge in [0, 0.05) is 0 Å². The number of nitrogens with one attached hydrogen (secondary N) is 1. The number of hydrogen-bond acceptors (Lipinski definition) is 5. The van der Waals surface area contributed by atoms with E-state index in [9.17, 15) is 19.8 Å². The van der Waals surface area contributed by atoms with Gasteiger partial charge in [-0.15, -0.1) is 0 Å². The van der Waals surface area contributed by atoms with Gasteiger partial charge in [0.2, 0.25) is 5.91 Å². The largest absolute Gasteiger partial charge is 0.508 e. The summed E-state index contributed by atoms with van der Waals surface area (Å²) in [6.45, 7) is 6.46. The number of phenolic OH excluding ortho intramolecular Hbond substituents is 1. The van der Waals surface area contributed by atoms with Gasteiger partial charge in [-0.1, -0.05) is 12.1 Å². The average Bonchev–Trinajstić information content (AvgIpc) is 2.34. The Balaban J connectivity index is 3.02. The van der Waals surface area contributed by atoms with Crippen LogP contribution in [0.5, 0.6) is 5.75 Å². The smallest absolute Gasteiger partial charge is 0.333 e. The third-order valence-electron chi connectivity index (χ3n) is 2.53. The van der Waals surface area contributed by atoms with Crippen molar-refractivity contribution >= 4 is 11.9 Å². The van der Waals surface area contributed by atoms with Crippen LogP contribution in [0, 0.1) is 0 Å². The summed E-state index contributed by atoms with van der Waals surface area (Å²) in [7, 11) is 0. The number of ether oxygens (including phenoxy) is 1. The molecule has 0 bridgehead atoms. The van der Waals surface area contributed by atoms with E-state index in [1.54, 1.807) is 20.8 Å². The van der Waals surface area contributed by atoms with E-state index in [2.05, 4.69) is 5.32 Å². The minimum absolute atomic E-state index is 0.0449. The van der Waals surface area contributed by atoms with E-state index in [-0.39, 0.29) is 5.75 Å². The Morgan fingerprint density at radius 3 is 2.14 bits per heavy atom. The maximum absolute atomic E-state index is 12.2. The first-order valence-electron chi connectivity index (χ1n) is 6.60. The van der Waals surface area contributed by atoms with Gasteiger partial charge in [0.05, 0.1) is 0 Å². The molecule has 1 amide bonds. The molecule has 0 saturated heterocycles. The molecule has 1 aromatic rings. The molecule has 0 aliphatic carbocycles. The third kappa shape index (κ3) is 5.43. The first-order chi connectivity index (χ1) is 9.60. The highest BCUT2D eigenvalue weighted by Crippen LogP contribution is 2.21. The fourth-order valence-corrected chi connectivity index (χ4v) is 1.57. The summed E-state index contributed by atoms with van der Waals surface area (Å²) in [6, 6.07) is 4.77. The number of aromatic hydroxyl groups is 1. The lowest BCUT2D eigenvalue weighted by Gasteiger charge is -2.25. The van der Waals surface area contributed by atoms with Gasteiger partial charge in [-0.25, -0.2) is 4.79 Å². The molecule has 6 heteroatoms. The fourth-order valence-electron chi connectivity index (χ4n) is 1.57. The van der Waals surface area contributed by atoms with E-state index in [0.29, 0.717) is 5.56 Å². The van der Waals surface area contributed by atoms with Crippen molar-refractivity contribution in [3.05, 3.63) is 29.8 Å². The molecule has 1 aromatic carbocycles. The predicted octanol–water partition coefficient (Wildman–Crippen LogP) is 1.27. The van der Waals surface area contributed by atoms with Crippen LogP contribution in [0.25, 0.3) is 0 Å². The zero-order valence-corrected chi connectivity index (χ0v) is 12.6. The van der Waals surface area contributed by atoms with Crippen LogP contribution in [0.15, 0.2) is 24.3 Å². The van der Waals surface area contributed by atoms with Crippen molar-refractivity contribution in [2.45, 2.75) is 45.4 Å². The van der Waals surface area contributed by atoms with E-state index in [4.69, 9.17) is 4.74 Å². The topological polar surface area (TPSA) is 95.9 Å². The molecule has 0 spiro atoms. The SMILES string of the molecule is CC(O)C(=O)NC(C(=O)OC(C)(C)C)c1ccc(O)cc1. The lowest BCUT2D eigenvalue weighted by molar-refractivity contribution is -0.159. The van der Waals surface area contributed by atoms with Crippen molar-refractivity contribution < 1.29 is 24.5 Å². The second-order valence-corrected chi connectivity index (χ2v) is 5.74. The number of esters is 1. The summed E-state index contributed by atoms with van der Waals surface area (Å²) >= 11 is 0. The van der Waals surface area contributed by atoms with Gasteiger partial charge in [0.25, 0.3) is 0 Å². The maximum Gasteiger partial charge on any atom is 0.333 e. The van der Waals surface area contributed by atoms with Gasteiger partial charge in [0.1, 0.15) is 17.5 Å². The van der Waals surface area contributed by atoms with Crippen LogP contribution in [0.4, 0.5) is 0 Å². The van der Waals surface area contributed by atoms with Gasteiger partial charge in [-0.05, 0) is 45.4 Å². The Morgan fingerprint density at radius 2 is 1.71 bits per heavy atom. The number of carbonyl (C=O) groups excluding carboxylic acids is 2. The van der Waals surface area contributed by atoms with Crippen molar-refractivity contribution in [2.75, 3.05) is 0 Å². The summed E-state index contributed by atoms with van der Waals surface area (Å²) in [5, 5.41) is 21.0. The quantitative estimate of drug-likeness (QED) is 0.727. The second kappa shape index (κ2) is 6.58. The van der Waals surface area contributed by atoms with E-state index < -0.39 is 29.6 Å². The van der Waals surface area contributed by atoms with Crippen LogP contribution in [-0.2, 0) is 14.3 Å². The monoisotopic (exact) mass is 295 g/mol. The zero-order chi connectivity index (χ0) is 16.2. The Labute approximate surface area is 123 Å². The highest BCUT2D eigenvalue weighted by atomic mass is 16.6. The number of carbonyl (C=O) groups is 2. The Kier molecular flexibility index (Phi) is 5.32. The summed E-state index contributed by atoms with van der Waals surface area (Å²) < 4.78 is 5.27. The molecule has 1 rings (SSSR count).